The highest BCUT2D eigenvalue weighted by Gasteiger charge is 2.46. The van der Waals surface area contributed by atoms with Gasteiger partial charge < -0.3 is 21.7 Å². The molecule has 1 aliphatic heterocycles. The Balaban J connectivity index is 2.87. The number of Topliss-reactive ketones (excluding diaryl/α,β-unsaturated/α-hetero) is 2. The van der Waals surface area contributed by atoms with Gasteiger partial charge in [0.2, 0.25) is 11.8 Å². The van der Waals surface area contributed by atoms with Crippen LogP contribution in [0.15, 0.2) is 0 Å². The highest BCUT2D eigenvalue weighted by atomic mass is 19.4. The lowest BCUT2D eigenvalue weighted by atomic mass is 9.98. The Bertz CT molecular complexity index is 622. The van der Waals surface area contributed by atoms with E-state index < -0.39 is 59.6 Å². The SMILES string of the molecule is CC(C)C(NC(=O)[C@@H]1CCCN1C(=O)[C@@H](N)CC(=O)[C@H](C)N)C(=O)C(F)(F)F. The molecule has 1 unspecified atom stereocenters. The molecule has 5 N–H and O–H groups in total. The molecule has 0 aromatic carbocycles. The maximum absolute atomic E-state index is 12.8. The third kappa shape index (κ3) is 5.99. The average molecular weight is 408 g/mol. The van der Waals surface area contributed by atoms with E-state index in [1.165, 1.54) is 20.8 Å². The van der Waals surface area contributed by atoms with Crippen molar-refractivity contribution in [1.29, 1.82) is 0 Å². The number of nitrogens with one attached hydrogen (secondary N) is 1. The van der Waals surface area contributed by atoms with Crippen LogP contribution in [0.4, 0.5) is 13.2 Å². The van der Waals surface area contributed by atoms with Gasteiger partial charge in [-0.15, -0.1) is 0 Å². The molecule has 0 aliphatic carbocycles. The lowest BCUT2D eigenvalue weighted by molar-refractivity contribution is -0.175. The molecule has 0 aromatic rings. The molecule has 0 aromatic heterocycles. The summed E-state index contributed by atoms with van der Waals surface area (Å²) in [5.74, 6) is -4.78. The monoisotopic (exact) mass is 408 g/mol. The van der Waals surface area contributed by atoms with Crippen LogP contribution in [0, 0.1) is 5.92 Å². The van der Waals surface area contributed by atoms with Crippen LogP contribution in [0.1, 0.15) is 40.0 Å². The van der Waals surface area contributed by atoms with E-state index in [0.29, 0.717) is 6.42 Å². The number of halogens is 3. The van der Waals surface area contributed by atoms with E-state index in [9.17, 15) is 32.3 Å². The number of hydrogen-bond acceptors (Lipinski definition) is 6. The Kier molecular flexibility index (Phi) is 8.12. The predicted octanol–water partition coefficient (Wildman–Crippen LogP) is -0.117. The highest BCUT2D eigenvalue weighted by molar-refractivity contribution is 5.97. The fourth-order valence-corrected chi connectivity index (χ4v) is 2.97. The summed E-state index contributed by atoms with van der Waals surface area (Å²) in [6.07, 6.45) is -4.73. The fraction of sp³-hybridized carbons (Fsp3) is 0.765. The number of ketones is 2. The van der Waals surface area contributed by atoms with Crippen LogP contribution in [0.5, 0.6) is 0 Å². The van der Waals surface area contributed by atoms with Crippen molar-refractivity contribution < 1.29 is 32.3 Å². The van der Waals surface area contributed by atoms with E-state index in [1.807, 2.05) is 0 Å². The van der Waals surface area contributed by atoms with E-state index in [2.05, 4.69) is 5.32 Å². The number of hydrogen-bond donors (Lipinski definition) is 3. The second-order valence-electron chi connectivity index (χ2n) is 7.35. The molecule has 1 rings (SSSR count). The summed E-state index contributed by atoms with van der Waals surface area (Å²) in [6.45, 7) is 4.38. The topological polar surface area (TPSA) is 136 Å². The summed E-state index contributed by atoms with van der Waals surface area (Å²) in [4.78, 5) is 49.4. The third-order valence-electron chi connectivity index (χ3n) is 4.61. The lowest BCUT2D eigenvalue weighted by Gasteiger charge is -2.29. The molecule has 1 saturated heterocycles. The molecule has 1 heterocycles. The van der Waals surface area contributed by atoms with Crippen LogP contribution in [0.25, 0.3) is 0 Å². The Morgan fingerprint density at radius 2 is 1.71 bits per heavy atom. The molecule has 28 heavy (non-hydrogen) atoms. The number of nitrogens with zero attached hydrogens (tertiary/aromatic N) is 1. The van der Waals surface area contributed by atoms with Crippen LogP contribution >= 0.6 is 0 Å². The van der Waals surface area contributed by atoms with Gasteiger partial charge in [-0.1, -0.05) is 13.8 Å². The van der Waals surface area contributed by atoms with Crippen LogP contribution < -0.4 is 16.8 Å². The second-order valence-corrected chi connectivity index (χ2v) is 7.35. The van der Waals surface area contributed by atoms with E-state index in [4.69, 9.17) is 11.5 Å². The Morgan fingerprint density at radius 3 is 2.18 bits per heavy atom. The van der Waals surface area contributed by atoms with Gasteiger partial charge in [0.05, 0.1) is 18.1 Å². The lowest BCUT2D eigenvalue weighted by Crippen LogP contribution is -2.56. The smallest absolute Gasteiger partial charge is 0.344 e. The molecule has 0 bridgehead atoms. The summed E-state index contributed by atoms with van der Waals surface area (Å²) < 4.78 is 38.3. The number of carbonyl (C=O) groups excluding carboxylic acids is 4. The van der Waals surface area contributed by atoms with Crippen molar-refractivity contribution in [2.45, 2.75) is 70.4 Å². The van der Waals surface area contributed by atoms with Crippen molar-refractivity contribution in [3.63, 3.8) is 0 Å². The first-order chi connectivity index (χ1) is 12.8. The molecule has 1 fully saturated rings. The van der Waals surface area contributed by atoms with E-state index in [1.54, 1.807) is 0 Å². The number of carbonyl (C=O) groups is 4. The first-order valence-corrected chi connectivity index (χ1v) is 9.03. The standard InChI is InChI=1S/C17H27F3N4O4/c1-8(2)13(14(26)17(18,19)20)23-15(27)11-5-4-6-24(11)16(28)10(22)7-12(25)9(3)21/h8-11,13H,4-7,21-22H2,1-3H3,(H,23,27)/t9-,10-,11-,13?/m0/s1. The Morgan fingerprint density at radius 1 is 1.14 bits per heavy atom. The number of rotatable bonds is 8. The Hall–Kier alpha value is -2.01. The number of alkyl halides is 3. The minimum atomic E-state index is -5.09. The zero-order valence-corrected chi connectivity index (χ0v) is 16.1. The van der Waals surface area contributed by atoms with Crippen LogP contribution in [0.3, 0.4) is 0 Å². The molecule has 8 nitrogen and oxygen atoms in total. The molecule has 0 saturated carbocycles. The second kappa shape index (κ2) is 9.46. The van der Waals surface area contributed by atoms with E-state index in [0.717, 1.165) is 4.90 Å². The maximum atomic E-state index is 12.8. The van der Waals surface area contributed by atoms with Gasteiger partial charge in [-0.2, -0.15) is 13.2 Å². The summed E-state index contributed by atoms with van der Waals surface area (Å²) >= 11 is 0. The van der Waals surface area contributed by atoms with Gasteiger partial charge in [-0.3, -0.25) is 19.2 Å². The van der Waals surface area contributed by atoms with Crippen molar-refractivity contribution in [2.75, 3.05) is 6.54 Å². The van der Waals surface area contributed by atoms with Gasteiger partial charge in [0.25, 0.3) is 5.78 Å². The molecule has 1 aliphatic rings. The van der Waals surface area contributed by atoms with Crippen molar-refractivity contribution in [1.82, 2.24) is 10.2 Å². The predicted molar refractivity (Wildman–Crippen MR) is 93.8 cm³/mol. The highest BCUT2D eigenvalue weighted by Crippen LogP contribution is 2.23. The van der Waals surface area contributed by atoms with Gasteiger partial charge in [-0.25, -0.2) is 0 Å². The molecule has 160 valence electrons. The van der Waals surface area contributed by atoms with Crippen LogP contribution in [0.2, 0.25) is 0 Å². The quantitative estimate of drug-likeness (QED) is 0.513. The fourth-order valence-electron chi connectivity index (χ4n) is 2.97. The minimum absolute atomic E-state index is 0.177. The largest absolute Gasteiger partial charge is 0.452 e. The van der Waals surface area contributed by atoms with Crippen molar-refractivity contribution in [3.05, 3.63) is 0 Å². The number of nitrogens with two attached hydrogens (primary N) is 2. The molecule has 11 heteroatoms. The third-order valence-corrected chi connectivity index (χ3v) is 4.61. The minimum Gasteiger partial charge on any atom is -0.344 e. The molecule has 0 radical (unpaired) electrons. The first-order valence-electron chi connectivity index (χ1n) is 9.03. The summed E-state index contributed by atoms with van der Waals surface area (Å²) in [7, 11) is 0. The molecule has 2 amide bonds. The summed E-state index contributed by atoms with van der Waals surface area (Å²) in [5.41, 5.74) is 11.2. The van der Waals surface area contributed by atoms with E-state index in [-0.39, 0.29) is 19.4 Å². The Labute approximate surface area is 161 Å². The zero-order valence-electron chi connectivity index (χ0n) is 16.1. The molecule has 0 spiro atoms. The molecular formula is C17H27F3N4O4. The van der Waals surface area contributed by atoms with Gasteiger partial charge in [0, 0.05) is 13.0 Å². The normalized spacial score (nSPS) is 20.6. The van der Waals surface area contributed by atoms with Gasteiger partial charge in [0.15, 0.2) is 5.78 Å². The first kappa shape index (κ1) is 24.0. The van der Waals surface area contributed by atoms with Crippen LogP contribution in [-0.2, 0) is 19.2 Å². The van der Waals surface area contributed by atoms with Gasteiger partial charge in [0.1, 0.15) is 6.04 Å². The average Bonchev–Trinajstić information content (AvgIpc) is 3.06. The number of likely N-dealkylation sites (tertiary alicyclic amines) is 1. The molecular weight excluding hydrogens is 381 g/mol. The maximum Gasteiger partial charge on any atom is 0.452 e. The number of amides is 2. The molecule has 4 atom stereocenters. The van der Waals surface area contributed by atoms with Gasteiger partial charge >= 0.3 is 6.18 Å². The van der Waals surface area contributed by atoms with Crippen molar-refractivity contribution in [2.24, 2.45) is 17.4 Å². The van der Waals surface area contributed by atoms with E-state index >= 15 is 0 Å². The summed E-state index contributed by atoms with van der Waals surface area (Å²) in [6, 6.07) is -4.80. The summed E-state index contributed by atoms with van der Waals surface area (Å²) in [5, 5.41) is 2.12. The van der Waals surface area contributed by atoms with Crippen molar-refractivity contribution in [3.8, 4) is 0 Å². The van der Waals surface area contributed by atoms with Gasteiger partial charge in [-0.05, 0) is 25.7 Å². The zero-order chi connectivity index (χ0) is 21.8. The van der Waals surface area contributed by atoms with Crippen LogP contribution in [-0.4, -0.2) is 65.2 Å². The van der Waals surface area contributed by atoms with Crippen molar-refractivity contribution >= 4 is 23.4 Å².